The molecule has 13 aliphatic carbocycles. The minimum Gasteiger partial charge on any atom is -0.450 e. The van der Waals surface area contributed by atoms with E-state index in [1.165, 1.54) is 87.8 Å². The second-order valence-corrected chi connectivity index (χ2v) is 50.4. The number of ketones is 8. The molecule has 16 bridgehead atoms. The van der Waals surface area contributed by atoms with Gasteiger partial charge in [0.25, 0.3) is 0 Å². The van der Waals surface area contributed by atoms with Gasteiger partial charge >= 0.3 is 23.9 Å². The van der Waals surface area contributed by atoms with Crippen molar-refractivity contribution in [2.24, 2.45) is 123 Å². The summed E-state index contributed by atoms with van der Waals surface area (Å²) in [6.45, 7) is 56.6. The number of Topliss-reactive ketones (excluding diaryl/α,β-unsaturated/α-hetero) is 8. The second-order valence-electron chi connectivity index (χ2n) is 50.4. The average Bonchev–Trinajstić information content (AvgIpc) is 1.54. The lowest BCUT2D eigenvalue weighted by atomic mass is 9.48. The standard InChI is InChI=1S/C24H38O4.2C17H28O.C14H22O3.C13H20O3.C12H18O3.C10H8.C8H16O/c1-7-21(2,3)18(25)10-8-16-14-17(15-16)9-11-19(26)24-13-12-23(6,20(27)28-24)22(24,4)5;2*1-4-16(2,3)15(18)11-17-8-12-5-13(9-17)7-14(6-12)10-17;1-5-6-7-10(15)14-9-8-13(4,11(16)17-14)12(14,2)3;1-5-6-9(14)13-8-7-12(4,10(15)16-13)11(13,2)3;1-5-8(13)12-7-6-11(4,9(14)15-12)10(12,2)3;1-2-6-10-8-4-3-7-9(10)5-1;1-5-7(9)8(3,4)6-2/h16-17H,7-15H2,1-6H3;2*12-14H,4-11H2,1-3H3;5-9H2,1-4H3;5-8H2,1-4H3;5-7H2,1-4H3;1-8H;5-6H2,1-4H3. The number of unbranched alkanes of at least 4 members (excludes halogenated alkanes) is 1. The minimum atomic E-state index is -0.903. The topological polar surface area (TPSA) is 242 Å². The summed E-state index contributed by atoms with van der Waals surface area (Å²) in [5.74, 6) is 8.48. The van der Waals surface area contributed by atoms with Crippen molar-refractivity contribution in [2.75, 3.05) is 0 Å². The van der Waals surface area contributed by atoms with Gasteiger partial charge in [-0.25, -0.2) is 0 Å². The van der Waals surface area contributed by atoms with Crippen LogP contribution in [0.1, 0.15) is 444 Å². The van der Waals surface area contributed by atoms with E-state index in [-0.39, 0.29) is 84.9 Å². The maximum Gasteiger partial charge on any atom is 0.313 e. The Morgan fingerprint density at radius 2 is 0.565 bits per heavy atom. The van der Waals surface area contributed by atoms with Crippen molar-refractivity contribution < 1.29 is 76.5 Å². The normalized spacial score (nSPS) is 35.5. The quantitative estimate of drug-likeness (QED) is 0.0543. The van der Waals surface area contributed by atoms with Crippen LogP contribution in [0.25, 0.3) is 10.8 Å². The van der Waals surface area contributed by atoms with E-state index in [2.05, 4.69) is 104 Å². The van der Waals surface area contributed by atoms with E-state index >= 15 is 0 Å². The highest BCUT2D eigenvalue weighted by Gasteiger charge is 2.79. The Morgan fingerprint density at radius 3 is 0.802 bits per heavy atom. The van der Waals surface area contributed by atoms with Gasteiger partial charge in [0.15, 0.2) is 45.5 Å². The van der Waals surface area contributed by atoms with Gasteiger partial charge in [0.2, 0.25) is 0 Å². The van der Waals surface area contributed by atoms with Crippen LogP contribution in [0.3, 0.4) is 0 Å². The van der Waals surface area contributed by atoms with E-state index in [4.69, 9.17) is 18.9 Å². The molecule has 17 aliphatic rings. The monoisotopic (exact) mass is 1820 g/mol. The van der Waals surface area contributed by atoms with Crippen molar-refractivity contribution in [3.63, 3.8) is 0 Å². The molecule has 4 saturated heterocycles. The lowest BCUT2D eigenvalue weighted by molar-refractivity contribution is -0.167. The molecule has 0 N–H and O–H groups in total. The van der Waals surface area contributed by atoms with Crippen LogP contribution in [-0.2, 0) is 76.5 Å². The first-order chi connectivity index (χ1) is 60.7. The first kappa shape index (κ1) is 107. The molecule has 2 aromatic rings. The molecule has 13 saturated carbocycles. The number of ether oxygens (including phenoxy) is 4. The Balaban J connectivity index is 0.000000159. The summed E-state index contributed by atoms with van der Waals surface area (Å²) >= 11 is 0. The van der Waals surface area contributed by atoms with Crippen LogP contribution in [-0.4, -0.2) is 92.5 Å². The second kappa shape index (κ2) is 39.1. The number of carbonyl (C=O) groups is 12. The number of carbonyl (C=O) groups excluding carboxylic acids is 12. The van der Waals surface area contributed by atoms with Gasteiger partial charge in [-0.3, -0.25) is 57.5 Å². The molecule has 19 rings (SSSR count). The molecule has 2 aromatic carbocycles. The van der Waals surface area contributed by atoms with E-state index in [1.807, 2.05) is 138 Å². The molecule has 0 aromatic heterocycles. The Hall–Kier alpha value is -6.06. The molecule has 16 heteroatoms. The highest BCUT2D eigenvalue weighted by molar-refractivity contribution is 6.00. The number of rotatable bonds is 29. The molecule has 131 heavy (non-hydrogen) atoms. The molecular formula is C115H178O16. The lowest BCUT2D eigenvalue weighted by Crippen LogP contribution is -2.48. The van der Waals surface area contributed by atoms with Crippen LogP contribution < -0.4 is 0 Å². The number of fused-ring (bicyclic) bond motifs is 9. The van der Waals surface area contributed by atoms with E-state index in [0.717, 1.165) is 145 Å². The third-order valence-electron chi connectivity index (χ3n) is 40.5. The third kappa shape index (κ3) is 19.3. The molecular weight excluding hydrogens is 1640 g/mol. The fraction of sp³-hybridized carbons (Fsp3) is 0.809. The molecule has 8 unspecified atom stereocenters. The maximum atomic E-state index is 13.1. The van der Waals surface area contributed by atoms with Crippen molar-refractivity contribution >= 4 is 80.9 Å². The Morgan fingerprint density at radius 1 is 0.305 bits per heavy atom. The third-order valence-corrected chi connectivity index (χ3v) is 40.5. The Labute approximate surface area is 791 Å². The molecule has 4 heterocycles. The predicted molar refractivity (Wildman–Crippen MR) is 520 cm³/mol. The van der Waals surface area contributed by atoms with Gasteiger partial charge in [-0.15, -0.1) is 0 Å². The predicted octanol–water partition coefficient (Wildman–Crippen LogP) is 27.1. The summed E-state index contributed by atoms with van der Waals surface area (Å²) in [7, 11) is 0. The van der Waals surface area contributed by atoms with Crippen molar-refractivity contribution in [1.29, 1.82) is 0 Å². The first-order valence-corrected chi connectivity index (χ1v) is 52.3. The van der Waals surface area contributed by atoms with Crippen LogP contribution in [0.2, 0.25) is 0 Å². The Kier molecular flexibility index (Phi) is 31.9. The Bertz CT molecular complexity index is 4340. The maximum absolute atomic E-state index is 13.1. The average molecular weight is 1820 g/mol. The summed E-state index contributed by atoms with van der Waals surface area (Å²) in [5, 5.41) is 2.62. The lowest BCUT2D eigenvalue weighted by Gasteiger charge is -2.57. The van der Waals surface area contributed by atoms with E-state index in [9.17, 15) is 57.5 Å². The molecule has 4 aliphatic heterocycles. The van der Waals surface area contributed by atoms with E-state index < -0.39 is 49.5 Å². The van der Waals surface area contributed by atoms with Gasteiger partial charge in [0.05, 0.1) is 21.7 Å². The van der Waals surface area contributed by atoms with Crippen LogP contribution in [0.4, 0.5) is 0 Å². The van der Waals surface area contributed by atoms with Crippen LogP contribution in [0, 0.1) is 123 Å². The van der Waals surface area contributed by atoms with Crippen LogP contribution in [0.15, 0.2) is 48.5 Å². The summed E-state index contributed by atoms with van der Waals surface area (Å²) in [6, 6.07) is 16.7. The molecule has 16 nitrogen and oxygen atoms in total. The number of hydrogen-bond acceptors (Lipinski definition) is 16. The van der Waals surface area contributed by atoms with Crippen molar-refractivity contribution in [1.82, 2.24) is 0 Å². The number of esters is 4. The molecule has 0 radical (unpaired) electrons. The number of benzene rings is 2. The largest absolute Gasteiger partial charge is 0.450 e. The van der Waals surface area contributed by atoms with Crippen LogP contribution in [0.5, 0.6) is 0 Å². The zero-order valence-electron chi connectivity index (χ0n) is 87.3. The fourth-order valence-electron chi connectivity index (χ4n) is 27.8. The van der Waals surface area contributed by atoms with Gasteiger partial charge in [-0.1, -0.05) is 221 Å². The van der Waals surface area contributed by atoms with Gasteiger partial charge in [-0.05, 0) is 289 Å². The molecule has 734 valence electrons. The smallest absolute Gasteiger partial charge is 0.313 e. The van der Waals surface area contributed by atoms with Crippen LogP contribution >= 0.6 is 0 Å². The van der Waals surface area contributed by atoms with E-state index in [0.29, 0.717) is 110 Å². The van der Waals surface area contributed by atoms with E-state index in [1.54, 1.807) is 0 Å². The van der Waals surface area contributed by atoms with Gasteiger partial charge in [0, 0.05) is 94.7 Å². The summed E-state index contributed by atoms with van der Waals surface area (Å²) in [6.07, 6.45) is 38.6. The van der Waals surface area contributed by atoms with Crippen molar-refractivity contribution in [2.45, 2.75) is 467 Å². The highest BCUT2D eigenvalue weighted by Crippen LogP contribution is 2.71. The van der Waals surface area contributed by atoms with Gasteiger partial charge in [-0.2, -0.15) is 0 Å². The SMILES string of the molecule is CCC(=O)C(C)(C)CC.CCC(=O)C12CCC(C)(C(=O)O1)C2(C)C.CCC(C)(C)C(=O)CC12CC3CC(CC(C3)C1)C2.CCC(C)(C)C(=O)CC12CC3CC(CC(C3)C1)C2.CCC(C)(C)C(=O)CCC1CC(CCC(=O)C23CCC(C)(C(=O)O2)C3(C)C)C1.CCCC(=O)C12CCC(C)(C(=O)O1)C2(C)C.CCCCC(=O)C12CCC(C)(C(=O)O1)C2(C)C.c1ccc2ccccc2c1. The molecule has 17 fully saturated rings. The zero-order valence-corrected chi connectivity index (χ0v) is 87.3. The zero-order chi connectivity index (χ0) is 97.8. The molecule has 0 amide bonds. The summed E-state index contributed by atoms with van der Waals surface area (Å²) in [4.78, 5) is 146. The van der Waals surface area contributed by atoms with Gasteiger partial charge in [0.1, 0.15) is 23.1 Å². The van der Waals surface area contributed by atoms with Gasteiger partial charge < -0.3 is 18.9 Å². The molecule has 0 spiro atoms. The highest BCUT2D eigenvalue weighted by atomic mass is 16.6. The van der Waals surface area contributed by atoms with Crippen molar-refractivity contribution in [3.8, 4) is 0 Å². The summed E-state index contributed by atoms with van der Waals surface area (Å²) in [5.41, 5.74) is -6.53. The fourth-order valence-corrected chi connectivity index (χ4v) is 27.8. The number of hydrogen-bond donors (Lipinski definition) is 0. The summed E-state index contributed by atoms with van der Waals surface area (Å²) < 4.78 is 22.2. The van der Waals surface area contributed by atoms with Crippen molar-refractivity contribution in [3.05, 3.63) is 48.5 Å². The first-order valence-electron chi connectivity index (χ1n) is 52.3. The minimum absolute atomic E-state index is 0.0714. The molecule has 8 atom stereocenters.